The van der Waals surface area contributed by atoms with Crippen molar-refractivity contribution in [3.8, 4) is 6.01 Å². The van der Waals surface area contributed by atoms with E-state index in [0.717, 1.165) is 11.8 Å². The van der Waals surface area contributed by atoms with Gasteiger partial charge < -0.3 is 10.4 Å². The lowest BCUT2D eigenvalue weighted by molar-refractivity contribution is 0.102. The molecule has 1 aromatic carbocycles. The fraction of sp³-hybridized carbons (Fsp3) is 0.0833. The maximum atomic E-state index is 13.3. The molecule has 0 spiro atoms. The van der Waals surface area contributed by atoms with Crippen LogP contribution in [0.25, 0.3) is 0 Å². The molecule has 92 valence electrons. The van der Waals surface area contributed by atoms with Crippen LogP contribution in [0.15, 0.2) is 30.5 Å². The Balaban J connectivity index is 2.21. The van der Waals surface area contributed by atoms with Gasteiger partial charge in [0.1, 0.15) is 0 Å². The minimum atomic E-state index is -0.812. The third-order valence-corrected chi connectivity index (χ3v) is 2.28. The van der Waals surface area contributed by atoms with Crippen molar-refractivity contribution >= 4 is 11.7 Å². The zero-order valence-corrected chi connectivity index (χ0v) is 9.51. The number of carbonyl (C=O) groups is 1. The predicted octanol–water partition coefficient (Wildman–Crippen LogP) is 1.88. The van der Waals surface area contributed by atoms with Crippen LogP contribution < -0.4 is 5.32 Å². The molecule has 0 aliphatic heterocycles. The second kappa shape index (κ2) is 4.79. The monoisotopic (exact) mass is 247 g/mol. The summed E-state index contributed by atoms with van der Waals surface area (Å²) in [6.07, 6.45) is 0.785. The molecule has 6 heteroatoms. The lowest BCUT2D eigenvalue weighted by Crippen LogP contribution is -2.14. The van der Waals surface area contributed by atoms with Gasteiger partial charge in [-0.05, 0) is 19.1 Å². The molecule has 5 nitrogen and oxygen atoms in total. The first kappa shape index (κ1) is 12.0. The van der Waals surface area contributed by atoms with Crippen LogP contribution in [0.4, 0.5) is 10.2 Å². The fourth-order valence-electron chi connectivity index (χ4n) is 1.33. The van der Waals surface area contributed by atoms with Crippen LogP contribution in [0, 0.1) is 12.7 Å². The van der Waals surface area contributed by atoms with Crippen molar-refractivity contribution < 1.29 is 14.3 Å². The van der Waals surface area contributed by atoms with Crippen molar-refractivity contribution in [2.45, 2.75) is 6.92 Å². The van der Waals surface area contributed by atoms with E-state index in [2.05, 4.69) is 15.3 Å². The quantitative estimate of drug-likeness (QED) is 0.849. The maximum Gasteiger partial charge on any atom is 0.316 e. The highest BCUT2D eigenvalue weighted by atomic mass is 19.1. The Morgan fingerprint density at radius 2 is 2.00 bits per heavy atom. The number of nitrogens with one attached hydrogen (secondary N) is 1. The number of aromatic hydroxyl groups is 1. The van der Waals surface area contributed by atoms with E-state index in [0.29, 0.717) is 5.56 Å². The van der Waals surface area contributed by atoms with Gasteiger partial charge >= 0.3 is 6.01 Å². The van der Waals surface area contributed by atoms with Gasteiger partial charge in [-0.25, -0.2) is 9.37 Å². The number of carbonyl (C=O) groups excluding carboxylic acids is 1. The summed E-state index contributed by atoms with van der Waals surface area (Å²) in [6.45, 7) is 1.89. The molecule has 2 aromatic rings. The Labute approximate surface area is 102 Å². The molecule has 0 unspecified atom stereocenters. The molecule has 18 heavy (non-hydrogen) atoms. The summed E-state index contributed by atoms with van der Waals surface area (Å²) in [4.78, 5) is 18.4. The van der Waals surface area contributed by atoms with E-state index >= 15 is 0 Å². The number of anilines is 1. The number of nitrogens with zero attached hydrogens (tertiary/aromatic N) is 2. The Hall–Kier alpha value is -2.50. The average molecular weight is 247 g/mol. The van der Waals surface area contributed by atoms with Gasteiger partial charge in [0.05, 0.1) is 6.20 Å². The summed E-state index contributed by atoms with van der Waals surface area (Å²) >= 11 is 0. The molecular formula is C12H10FN3O2. The molecule has 0 radical (unpaired) electrons. The SMILES string of the molecule is Cc1ccc(C(=O)Nc2nc(O)ncc2F)cc1. The Morgan fingerprint density at radius 3 is 2.67 bits per heavy atom. The van der Waals surface area contributed by atoms with Crippen LogP contribution >= 0.6 is 0 Å². The van der Waals surface area contributed by atoms with E-state index in [4.69, 9.17) is 5.11 Å². The Bertz CT molecular complexity index is 584. The van der Waals surface area contributed by atoms with E-state index in [9.17, 15) is 9.18 Å². The maximum absolute atomic E-state index is 13.3. The highest BCUT2D eigenvalue weighted by Gasteiger charge is 2.11. The summed E-state index contributed by atoms with van der Waals surface area (Å²) in [7, 11) is 0. The molecule has 1 aromatic heterocycles. The van der Waals surface area contributed by atoms with Gasteiger partial charge in [-0.15, -0.1) is 0 Å². The first-order chi connectivity index (χ1) is 8.56. The van der Waals surface area contributed by atoms with Gasteiger partial charge in [0, 0.05) is 5.56 Å². The fourth-order valence-corrected chi connectivity index (χ4v) is 1.33. The van der Waals surface area contributed by atoms with E-state index in [1.807, 2.05) is 6.92 Å². The third-order valence-electron chi connectivity index (χ3n) is 2.28. The van der Waals surface area contributed by atoms with Crippen LogP contribution in [0.1, 0.15) is 15.9 Å². The molecule has 0 fully saturated rings. The van der Waals surface area contributed by atoms with Crippen LogP contribution in [0.3, 0.4) is 0 Å². The van der Waals surface area contributed by atoms with E-state index in [-0.39, 0.29) is 5.82 Å². The van der Waals surface area contributed by atoms with Gasteiger partial charge in [-0.3, -0.25) is 4.79 Å². The van der Waals surface area contributed by atoms with Crippen molar-refractivity contribution in [2.75, 3.05) is 5.32 Å². The number of hydrogen-bond donors (Lipinski definition) is 2. The van der Waals surface area contributed by atoms with Crippen molar-refractivity contribution in [1.82, 2.24) is 9.97 Å². The van der Waals surface area contributed by atoms with Crippen LogP contribution in [-0.2, 0) is 0 Å². The first-order valence-corrected chi connectivity index (χ1v) is 5.16. The third kappa shape index (κ3) is 2.60. The van der Waals surface area contributed by atoms with Crippen molar-refractivity contribution in [3.05, 3.63) is 47.4 Å². The highest BCUT2D eigenvalue weighted by Crippen LogP contribution is 2.13. The van der Waals surface area contributed by atoms with Crippen LogP contribution in [-0.4, -0.2) is 21.0 Å². The molecule has 0 bridgehead atoms. The van der Waals surface area contributed by atoms with Crippen molar-refractivity contribution in [2.24, 2.45) is 0 Å². The number of aryl methyl sites for hydroxylation is 1. The minimum absolute atomic E-state index is 0.354. The number of halogens is 1. The molecule has 0 aliphatic carbocycles. The standard InChI is InChI=1S/C12H10FN3O2/c1-7-2-4-8(5-3-7)11(17)15-10-9(13)6-14-12(18)16-10/h2-6H,1H3,(H2,14,15,16,17,18). The second-order valence-corrected chi connectivity index (χ2v) is 3.69. The molecule has 0 aliphatic rings. The Morgan fingerprint density at radius 1 is 1.33 bits per heavy atom. The summed E-state index contributed by atoms with van der Waals surface area (Å²) < 4.78 is 13.3. The summed E-state index contributed by atoms with van der Waals surface area (Å²) in [5.74, 6) is -1.67. The summed E-state index contributed by atoms with van der Waals surface area (Å²) in [5.41, 5.74) is 1.38. The lowest BCUT2D eigenvalue weighted by Gasteiger charge is -2.05. The van der Waals surface area contributed by atoms with E-state index < -0.39 is 17.7 Å². The van der Waals surface area contributed by atoms with Crippen LogP contribution in [0.2, 0.25) is 0 Å². The second-order valence-electron chi connectivity index (χ2n) is 3.69. The molecule has 0 atom stereocenters. The van der Waals surface area contributed by atoms with Gasteiger partial charge in [0.25, 0.3) is 5.91 Å². The van der Waals surface area contributed by atoms with E-state index in [1.54, 1.807) is 24.3 Å². The first-order valence-electron chi connectivity index (χ1n) is 5.16. The zero-order chi connectivity index (χ0) is 13.1. The zero-order valence-electron chi connectivity index (χ0n) is 9.51. The minimum Gasteiger partial charge on any atom is -0.479 e. The van der Waals surface area contributed by atoms with Gasteiger partial charge in [-0.1, -0.05) is 17.7 Å². The highest BCUT2D eigenvalue weighted by molar-refractivity contribution is 6.03. The number of hydrogen-bond acceptors (Lipinski definition) is 4. The molecule has 2 rings (SSSR count). The number of amides is 1. The molecule has 2 N–H and O–H groups in total. The van der Waals surface area contributed by atoms with Gasteiger partial charge in [0.15, 0.2) is 11.6 Å². The largest absolute Gasteiger partial charge is 0.479 e. The molecular weight excluding hydrogens is 237 g/mol. The molecule has 0 saturated heterocycles. The topological polar surface area (TPSA) is 75.1 Å². The molecule has 1 amide bonds. The lowest BCUT2D eigenvalue weighted by atomic mass is 10.1. The van der Waals surface area contributed by atoms with E-state index in [1.165, 1.54) is 0 Å². The van der Waals surface area contributed by atoms with Crippen molar-refractivity contribution in [3.63, 3.8) is 0 Å². The Kier molecular flexibility index (Phi) is 3.18. The molecule has 0 saturated carbocycles. The number of rotatable bonds is 2. The number of aromatic nitrogens is 2. The molecule has 1 heterocycles. The summed E-state index contributed by atoms with van der Waals surface area (Å²) in [5, 5.41) is 11.3. The smallest absolute Gasteiger partial charge is 0.316 e. The van der Waals surface area contributed by atoms with Gasteiger partial charge in [0.2, 0.25) is 0 Å². The number of benzene rings is 1. The van der Waals surface area contributed by atoms with Crippen LogP contribution in [0.5, 0.6) is 6.01 Å². The summed E-state index contributed by atoms with van der Waals surface area (Å²) in [6, 6.07) is 6.16. The average Bonchev–Trinajstić information content (AvgIpc) is 2.34. The van der Waals surface area contributed by atoms with Gasteiger partial charge in [-0.2, -0.15) is 4.98 Å². The van der Waals surface area contributed by atoms with Crippen molar-refractivity contribution in [1.29, 1.82) is 0 Å². The predicted molar refractivity (Wildman–Crippen MR) is 62.8 cm³/mol. The normalized spacial score (nSPS) is 10.1.